The van der Waals surface area contributed by atoms with Crippen LogP contribution >= 0.6 is 23.5 Å². The molecule has 0 aromatic carbocycles. The van der Waals surface area contributed by atoms with Gasteiger partial charge in [0.1, 0.15) is 22.2 Å². The molecule has 0 bridgehead atoms. The first-order valence-corrected chi connectivity index (χ1v) is 7.88. The van der Waals surface area contributed by atoms with Crippen molar-refractivity contribution in [1.29, 1.82) is 0 Å². The highest BCUT2D eigenvalue weighted by Gasteiger charge is 2.32. The Balaban J connectivity index is 1.67. The predicted octanol–water partition coefficient (Wildman–Crippen LogP) is 2.61. The van der Waals surface area contributed by atoms with E-state index in [9.17, 15) is 4.79 Å². The Morgan fingerprint density at radius 2 is 2.35 bits per heavy atom. The van der Waals surface area contributed by atoms with Gasteiger partial charge >= 0.3 is 5.97 Å². The Bertz CT molecular complexity index is 603. The largest absolute Gasteiger partial charge is 0.480 e. The molecule has 7 heteroatoms. The molecule has 1 aliphatic rings. The van der Waals surface area contributed by atoms with Crippen LogP contribution in [0.15, 0.2) is 51.1 Å². The van der Waals surface area contributed by atoms with E-state index >= 15 is 0 Å². The molecule has 0 amide bonds. The zero-order chi connectivity index (χ0) is 13.9. The highest BCUT2D eigenvalue weighted by molar-refractivity contribution is 7.99. The number of thioether (sulfide) groups is 1. The molecular weight excluding hydrogens is 296 g/mol. The molecule has 0 spiro atoms. The normalized spacial score (nSPS) is 22.0. The van der Waals surface area contributed by atoms with E-state index in [4.69, 9.17) is 9.52 Å². The molecule has 2 N–H and O–H groups in total. The number of hydrogen-bond acceptors (Lipinski definition) is 6. The molecule has 1 fully saturated rings. The summed E-state index contributed by atoms with van der Waals surface area (Å²) in [5.41, 5.74) is 0. The molecule has 104 valence electrons. The van der Waals surface area contributed by atoms with Gasteiger partial charge in [0.05, 0.1) is 0 Å². The van der Waals surface area contributed by atoms with Crippen molar-refractivity contribution in [3.63, 3.8) is 0 Å². The van der Waals surface area contributed by atoms with Gasteiger partial charge in [-0.3, -0.25) is 10.1 Å². The first-order valence-electron chi connectivity index (χ1n) is 6.01. The smallest absolute Gasteiger partial charge is 0.321 e. The van der Waals surface area contributed by atoms with E-state index in [2.05, 4.69) is 10.3 Å². The van der Waals surface area contributed by atoms with E-state index < -0.39 is 12.0 Å². The summed E-state index contributed by atoms with van der Waals surface area (Å²) in [7, 11) is 0. The summed E-state index contributed by atoms with van der Waals surface area (Å²) < 4.78 is 5.75. The average Bonchev–Trinajstić information content (AvgIpc) is 3.08. The van der Waals surface area contributed by atoms with Gasteiger partial charge in [0.25, 0.3) is 0 Å². The van der Waals surface area contributed by atoms with Gasteiger partial charge in [0.2, 0.25) is 0 Å². The van der Waals surface area contributed by atoms with Crippen LogP contribution < -0.4 is 5.32 Å². The lowest BCUT2D eigenvalue weighted by molar-refractivity contribution is -0.138. The van der Waals surface area contributed by atoms with Crippen LogP contribution in [0.25, 0.3) is 0 Å². The topological polar surface area (TPSA) is 75.4 Å². The molecule has 2 aromatic heterocycles. The SMILES string of the molecule is O=C(O)[C@H]1CS[C@@H](c2ccc(Sc3ccccn3)o2)N1. The number of pyridine rings is 1. The number of rotatable bonds is 4. The van der Waals surface area contributed by atoms with Crippen molar-refractivity contribution in [2.24, 2.45) is 0 Å². The second-order valence-electron chi connectivity index (χ2n) is 4.20. The van der Waals surface area contributed by atoms with E-state index in [-0.39, 0.29) is 5.37 Å². The molecule has 0 saturated carbocycles. The number of aromatic nitrogens is 1. The molecule has 0 radical (unpaired) electrons. The van der Waals surface area contributed by atoms with Gasteiger partial charge in [-0.25, -0.2) is 4.98 Å². The van der Waals surface area contributed by atoms with Crippen LogP contribution in [0.3, 0.4) is 0 Å². The number of furan rings is 1. The van der Waals surface area contributed by atoms with E-state index in [0.29, 0.717) is 5.75 Å². The Labute approximate surface area is 124 Å². The third-order valence-corrected chi connectivity index (χ3v) is 4.88. The summed E-state index contributed by atoms with van der Waals surface area (Å²) in [5, 5.41) is 13.5. The molecular formula is C13H12N2O3S2. The number of carboxylic acids is 1. The Morgan fingerprint density at radius 1 is 1.45 bits per heavy atom. The maximum absolute atomic E-state index is 10.9. The van der Waals surface area contributed by atoms with E-state index in [1.165, 1.54) is 11.8 Å². The van der Waals surface area contributed by atoms with Crippen molar-refractivity contribution in [2.75, 3.05) is 5.75 Å². The third kappa shape index (κ3) is 3.00. The van der Waals surface area contributed by atoms with Gasteiger partial charge in [0.15, 0.2) is 5.09 Å². The summed E-state index contributed by atoms with van der Waals surface area (Å²) in [6, 6.07) is 8.94. The van der Waals surface area contributed by atoms with Crippen LogP contribution in [-0.4, -0.2) is 27.9 Å². The third-order valence-electron chi connectivity index (χ3n) is 2.78. The molecule has 1 saturated heterocycles. The monoisotopic (exact) mass is 308 g/mol. The molecule has 2 aromatic rings. The summed E-state index contributed by atoms with van der Waals surface area (Å²) in [4.78, 5) is 15.1. The molecule has 20 heavy (non-hydrogen) atoms. The van der Waals surface area contributed by atoms with E-state index in [0.717, 1.165) is 15.9 Å². The van der Waals surface area contributed by atoms with Crippen LogP contribution in [0.1, 0.15) is 11.1 Å². The van der Waals surface area contributed by atoms with Gasteiger partial charge < -0.3 is 9.52 Å². The summed E-state index contributed by atoms with van der Waals surface area (Å²) >= 11 is 2.98. The van der Waals surface area contributed by atoms with Gasteiger partial charge in [-0.1, -0.05) is 6.07 Å². The lowest BCUT2D eigenvalue weighted by atomic mass is 10.3. The van der Waals surface area contributed by atoms with Crippen molar-refractivity contribution in [1.82, 2.24) is 10.3 Å². The number of nitrogens with one attached hydrogen (secondary N) is 1. The quantitative estimate of drug-likeness (QED) is 0.899. The van der Waals surface area contributed by atoms with Gasteiger partial charge in [0, 0.05) is 11.9 Å². The minimum Gasteiger partial charge on any atom is -0.480 e. The van der Waals surface area contributed by atoms with Crippen LogP contribution in [0.2, 0.25) is 0 Å². The van der Waals surface area contributed by atoms with Crippen molar-refractivity contribution in [3.8, 4) is 0 Å². The zero-order valence-electron chi connectivity index (χ0n) is 10.4. The second-order valence-corrected chi connectivity index (χ2v) is 6.36. The fourth-order valence-electron chi connectivity index (χ4n) is 1.82. The van der Waals surface area contributed by atoms with Crippen LogP contribution in [0.4, 0.5) is 0 Å². The zero-order valence-corrected chi connectivity index (χ0v) is 12.0. The number of aliphatic carboxylic acids is 1. The second kappa shape index (κ2) is 5.90. The van der Waals surface area contributed by atoms with Crippen LogP contribution in [0, 0.1) is 0 Å². The fourth-order valence-corrected chi connectivity index (χ4v) is 3.73. The Hall–Kier alpha value is -1.44. The first kappa shape index (κ1) is 13.5. The molecule has 5 nitrogen and oxygen atoms in total. The maximum atomic E-state index is 10.9. The van der Waals surface area contributed by atoms with Gasteiger partial charge in [-0.05, 0) is 36.0 Å². The molecule has 0 aliphatic carbocycles. The standard InChI is InChI=1S/C13H12N2O3S2/c16-13(17)8-7-19-12(15-8)9-4-5-11(18-9)20-10-3-1-2-6-14-10/h1-6,8,12,15H,7H2,(H,16,17)/t8-,12+/m1/s1. The number of carbonyl (C=O) groups is 1. The summed E-state index contributed by atoms with van der Waals surface area (Å²) in [5.74, 6) is 0.468. The summed E-state index contributed by atoms with van der Waals surface area (Å²) in [6.45, 7) is 0. The predicted molar refractivity (Wildman–Crippen MR) is 76.8 cm³/mol. The van der Waals surface area contributed by atoms with Crippen LogP contribution in [-0.2, 0) is 4.79 Å². The Morgan fingerprint density at radius 3 is 3.05 bits per heavy atom. The van der Waals surface area contributed by atoms with Crippen molar-refractivity contribution < 1.29 is 14.3 Å². The van der Waals surface area contributed by atoms with Crippen LogP contribution in [0.5, 0.6) is 0 Å². The van der Waals surface area contributed by atoms with Gasteiger partial charge in [-0.2, -0.15) is 0 Å². The minimum atomic E-state index is -0.824. The van der Waals surface area contributed by atoms with E-state index in [1.54, 1.807) is 18.0 Å². The lowest BCUT2D eigenvalue weighted by Crippen LogP contribution is -2.33. The molecule has 2 atom stereocenters. The fraction of sp³-hybridized carbons (Fsp3) is 0.231. The summed E-state index contributed by atoms with van der Waals surface area (Å²) in [6.07, 6.45) is 1.73. The van der Waals surface area contributed by atoms with E-state index in [1.807, 2.05) is 30.3 Å². The lowest BCUT2D eigenvalue weighted by Gasteiger charge is -2.07. The van der Waals surface area contributed by atoms with Gasteiger partial charge in [-0.15, -0.1) is 11.8 Å². The number of nitrogens with zero attached hydrogens (tertiary/aromatic N) is 1. The molecule has 0 unspecified atom stereocenters. The van der Waals surface area contributed by atoms with Crippen molar-refractivity contribution in [2.45, 2.75) is 21.5 Å². The Kier molecular flexibility index (Phi) is 4.00. The molecule has 1 aliphatic heterocycles. The first-order chi connectivity index (χ1) is 9.72. The van der Waals surface area contributed by atoms with Crippen molar-refractivity contribution >= 4 is 29.5 Å². The minimum absolute atomic E-state index is 0.103. The van der Waals surface area contributed by atoms with Crippen molar-refractivity contribution in [3.05, 3.63) is 42.3 Å². The maximum Gasteiger partial charge on any atom is 0.321 e. The number of carboxylic acid groups (broad SMARTS) is 1. The highest BCUT2D eigenvalue weighted by atomic mass is 32.2. The molecule has 3 rings (SSSR count). The molecule has 3 heterocycles. The average molecular weight is 308 g/mol. The highest BCUT2D eigenvalue weighted by Crippen LogP contribution is 2.36. The number of hydrogen-bond donors (Lipinski definition) is 2.